The summed E-state index contributed by atoms with van der Waals surface area (Å²) in [7, 11) is 0. The minimum atomic E-state index is -2.97. The standard InChI is InChI=1S/C6H8O7.2Ti/c7-3(8)1-6(13,5(11)12)2-4(9)10;;/h13H,1-2H2,(H,7,8)(H,9,10)(H,11,12);;/q;2*+4/p-3. The molecular formula is C6H5O7Ti2+5. The number of aliphatic carboxylic acids is 3. The summed E-state index contributed by atoms with van der Waals surface area (Å²) >= 11 is 0. The molecule has 0 spiro atoms. The molecular weight excluding hydrogens is 280 g/mol. The predicted molar refractivity (Wildman–Crippen MR) is 29.2 cm³/mol. The van der Waals surface area contributed by atoms with Gasteiger partial charge in [-0.2, -0.15) is 0 Å². The molecule has 0 heterocycles. The van der Waals surface area contributed by atoms with Gasteiger partial charge in [-0.3, -0.25) is 0 Å². The van der Waals surface area contributed by atoms with Gasteiger partial charge in [-0.25, -0.2) is 0 Å². The average molecular weight is 285 g/mol. The van der Waals surface area contributed by atoms with Crippen LogP contribution >= 0.6 is 0 Å². The van der Waals surface area contributed by atoms with Crippen LogP contribution in [-0.4, -0.2) is 28.6 Å². The van der Waals surface area contributed by atoms with E-state index in [2.05, 4.69) is 0 Å². The topological polar surface area (TPSA) is 141 Å². The summed E-state index contributed by atoms with van der Waals surface area (Å²) in [4.78, 5) is 30.0. The molecule has 0 atom stereocenters. The van der Waals surface area contributed by atoms with E-state index in [1.54, 1.807) is 0 Å². The smallest absolute Gasteiger partial charge is 0.550 e. The van der Waals surface area contributed by atoms with Gasteiger partial charge in [-0.05, 0) is 0 Å². The van der Waals surface area contributed by atoms with E-state index < -0.39 is 36.4 Å². The molecule has 0 aliphatic rings. The van der Waals surface area contributed by atoms with Crippen molar-refractivity contribution in [2.75, 3.05) is 0 Å². The fourth-order valence-electron chi connectivity index (χ4n) is 0.684. The molecule has 0 aromatic carbocycles. The van der Waals surface area contributed by atoms with Crippen LogP contribution in [0.4, 0.5) is 0 Å². The van der Waals surface area contributed by atoms with Gasteiger partial charge in [-0.1, -0.05) is 0 Å². The van der Waals surface area contributed by atoms with Crippen molar-refractivity contribution >= 4 is 17.9 Å². The summed E-state index contributed by atoms with van der Waals surface area (Å²) in [5, 5.41) is 38.9. The van der Waals surface area contributed by atoms with Crippen LogP contribution in [0.2, 0.25) is 0 Å². The Morgan fingerprint density at radius 3 is 1.33 bits per heavy atom. The number of hydrogen-bond acceptors (Lipinski definition) is 7. The molecule has 0 aromatic rings. The molecule has 1 N–H and O–H groups in total. The normalized spacial score (nSPS) is 9.40. The van der Waals surface area contributed by atoms with E-state index in [0.717, 1.165) is 0 Å². The second-order valence-electron chi connectivity index (χ2n) is 2.42. The third-order valence-corrected chi connectivity index (χ3v) is 1.25. The SMILES string of the molecule is O=C([O-])CC(O)(CC(=O)[O-])C(=O)[O-].[Ti+4].[Ti+4]. The van der Waals surface area contributed by atoms with Gasteiger partial charge < -0.3 is 34.8 Å². The van der Waals surface area contributed by atoms with E-state index in [1.807, 2.05) is 0 Å². The minimum Gasteiger partial charge on any atom is -0.550 e. The fourth-order valence-corrected chi connectivity index (χ4v) is 0.684. The van der Waals surface area contributed by atoms with Crippen LogP contribution < -0.4 is 15.3 Å². The van der Waals surface area contributed by atoms with Gasteiger partial charge in [0.05, 0.1) is 5.97 Å². The van der Waals surface area contributed by atoms with Crippen LogP contribution in [-0.2, 0) is 57.8 Å². The van der Waals surface area contributed by atoms with Crippen LogP contribution in [0.5, 0.6) is 0 Å². The van der Waals surface area contributed by atoms with E-state index in [-0.39, 0.29) is 43.4 Å². The summed E-state index contributed by atoms with van der Waals surface area (Å²) in [6.45, 7) is 0. The molecule has 0 rings (SSSR count). The number of rotatable bonds is 5. The van der Waals surface area contributed by atoms with Crippen LogP contribution in [0.25, 0.3) is 0 Å². The van der Waals surface area contributed by atoms with E-state index in [0.29, 0.717) is 0 Å². The maximum atomic E-state index is 10.1. The third-order valence-electron chi connectivity index (χ3n) is 1.25. The summed E-state index contributed by atoms with van der Waals surface area (Å²) in [6.07, 6.45) is -2.72. The first kappa shape index (κ1) is 20.2. The van der Waals surface area contributed by atoms with Crippen molar-refractivity contribution in [1.82, 2.24) is 0 Å². The first-order valence-electron chi connectivity index (χ1n) is 3.11. The molecule has 0 bridgehead atoms. The van der Waals surface area contributed by atoms with Gasteiger partial charge >= 0.3 is 43.4 Å². The van der Waals surface area contributed by atoms with Crippen molar-refractivity contribution in [3.8, 4) is 0 Å². The number of carboxylic acid groups (broad SMARTS) is 3. The number of aliphatic hydroxyl groups is 1. The van der Waals surface area contributed by atoms with Crippen LogP contribution in [0.3, 0.4) is 0 Å². The zero-order chi connectivity index (χ0) is 10.6. The Balaban J connectivity index is -0.000000720. The first-order chi connectivity index (χ1) is 5.78. The maximum absolute atomic E-state index is 10.1. The molecule has 0 radical (unpaired) electrons. The minimum absolute atomic E-state index is 0. The van der Waals surface area contributed by atoms with Gasteiger partial charge in [0.25, 0.3) is 0 Å². The van der Waals surface area contributed by atoms with Crippen molar-refractivity contribution < 1.29 is 78.2 Å². The largest absolute Gasteiger partial charge is 4.00 e. The molecule has 0 aliphatic carbocycles. The quantitative estimate of drug-likeness (QED) is 0.497. The maximum Gasteiger partial charge on any atom is 4.00 e. The van der Waals surface area contributed by atoms with E-state index >= 15 is 0 Å². The predicted octanol–water partition coefficient (Wildman–Crippen LogP) is -5.26. The molecule has 0 fully saturated rings. The van der Waals surface area contributed by atoms with Gasteiger partial charge in [0.2, 0.25) is 0 Å². The first-order valence-corrected chi connectivity index (χ1v) is 3.11. The molecule has 15 heavy (non-hydrogen) atoms. The Bertz CT molecular complexity index is 236. The van der Waals surface area contributed by atoms with Crippen molar-refractivity contribution in [2.24, 2.45) is 0 Å². The molecule has 0 aliphatic heterocycles. The Labute approximate surface area is 114 Å². The number of hydrogen-bond donors (Lipinski definition) is 1. The summed E-state index contributed by atoms with van der Waals surface area (Å²) in [5.74, 6) is -5.98. The van der Waals surface area contributed by atoms with Gasteiger partial charge in [-0.15, -0.1) is 0 Å². The van der Waals surface area contributed by atoms with E-state index in [4.69, 9.17) is 5.11 Å². The van der Waals surface area contributed by atoms with Gasteiger partial charge in [0, 0.05) is 24.8 Å². The van der Waals surface area contributed by atoms with Crippen LogP contribution in [0.1, 0.15) is 12.8 Å². The van der Waals surface area contributed by atoms with Crippen LogP contribution in [0, 0.1) is 0 Å². The summed E-state index contributed by atoms with van der Waals surface area (Å²) in [6, 6.07) is 0. The molecule has 0 saturated carbocycles. The van der Waals surface area contributed by atoms with Crippen molar-refractivity contribution in [3.63, 3.8) is 0 Å². The fraction of sp³-hybridized carbons (Fsp3) is 0.500. The zero-order valence-corrected chi connectivity index (χ0v) is 10.4. The van der Waals surface area contributed by atoms with Crippen LogP contribution in [0.15, 0.2) is 0 Å². The van der Waals surface area contributed by atoms with Gasteiger partial charge in [0.1, 0.15) is 5.60 Å². The molecule has 0 aromatic heterocycles. The third kappa shape index (κ3) is 7.70. The second-order valence-corrected chi connectivity index (χ2v) is 2.42. The van der Waals surface area contributed by atoms with Crippen molar-refractivity contribution in [3.05, 3.63) is 0 Å². The number of carbonyl (C=O) groups is 3. The Hall–Kier alpha value is -0.201. The second kappa shape index (κ2) is 8.01. The number of carbonyl (C=O) groups excluding carboxylic acids is 3. The summed E-state index contributed by atoms with van der Waals surface area (Å²) in [5.41, 5.74) is -2.97. The van der Waals surface area contributed by atoms with Crippen molar-refractivity contribution in [1.29, 1.82) is 0 Å². The molecule has 74 valence electrons. The zero-order valence-electron chi connectivity index (χ0n) is 7.31. The molecule has 0 saturated heterocycles. The van der Waals surface area contributed by atoms with Crippen molar-refractivity contribution in [2.45, 2.75) is 18.4 Å². The average Bonchev–Trinajstić information content (AvgIpc) is 1.82. The Kier molecular flexibility index (Phi) is 10.8. The Morgan fingerprint density at radius 2 is 1.20 bits per heavy atom. The van der Waals surface area contributed by atoms with E-state index in [1.165, 1.54) is 0 Å². The van der Waals surface area contributed by atoms with Gasteiger partial charge in [0.15, 0.2) is 0 Å². The Morgan fingerprint density at radius 1 is 0.933 bits per heavy atom. The molecule has 9 heteroatoms. The molecule has 0 unspecified atom stereocenters. The molecule has 7 nitrogen and oxygen atoms in total. The summed E-state index contributed by atoms with van der Waals surface area (Å²) < 4.78 is 0. The number of carboxylic acids is 3. The van der Waals surface area contributed by atoms with E-state index in [9.17, 15) is 29.7 Å². The molecule has 0 amide bonds. The monoisotopic (exact) mass is 285 g/mol.